The molecule has 6 heteroatoms. The molecule has 0 bridgehead atoms. The van der Waals surface area contributed by atoms with Gasteiger partial charge in [-0.1, -0.05) is 37.6 Å². The fourth-order valence-corrected chi connectivity index (χ4v) is 3.85. The van der Waals surface area contributed by atoms with Crippen molar-refractivity contribution < 1.29 is 14.6 Å². The highest BCUT2D eigenvalue weighted by Crippen LogP contribution is 2.59. The molecule has 1 fully saturated rings. The molecule has 1 saturated carbocycles. The molecular formula is C22H22N2O4. The minimum absolute atomic E-state index is 0.130. The molecule has 1 aromatic heterocycles. The highest BCUT2D eigenvalue weighted by Gasteiger charge is 2.62. The van der Waals surface area contributed by atoms with E-state index in [-0.39, 0.29) is 11.6 Å². The molecule has 1 N–H and O–H groups in total. The smallest absolute Gasteiger partial charge is 0.315 e. The SMILES string of the molecule is CCCc1c(/C=C/c2cccc(OC)c2)nc2n(c1=O)C1CC1(C(=O)O)C=C2. The first kappa shape index (κ1) is 18.2. The van der Waals surface area contributed by atoms with E-state index in [0.717, 1.165) is 17.7 Å². The second kappa shape index (κ2) is 6.78. The number of benzene rings is 1. The zero-order valence-corrected chi connectivity index (χ0v) is 15.9. The molecule has 2 aliphatic rings. The predicted molar refractivity (Wildman–Crippen MR) is 107 cm³/mol. The summed E-state index contributed by atoms with van der Waals surface area (Å²) in [6, 6.07) is 7.30. The Morgan fingerprint density at radius 2 is 2.25 bits per heavy atom. The number of carboxylic acids is 1. The maximum Gasteiger partial charge on any atom is 0.315 e. The van der Waals surface area contributed by atoms with Crippen molar-refractivity contribution in [3.8, 4) is 5.75 Å². The Morgan fingerprint density at radius 1 is 1.43 bits per heavy atom. The number of hydrogen-bond acceptors (Lipinski definition) is 4. The molecule has 144 valence electrons. The van der Waals surface area contributed by atoms with Crippen molar-refractivity contribution in [1.29, 1.82) is 0 Å². The van der Waals surface area contributed by atoms with Crippen LogP contribution in [0.25, 0.3) is 18.2 Å². The number of aromatic nitrogens is 2. The summed E-state index contributed by atoms with van der Waals surface area (Å²) in [7, 11) is 1.62. The lowest BCUT2D eigenvalue weighted by molar-refractivity contribution is -0.141. The minimum atomic E-state index is -0.945. The molecule has 1 aliphatic carbocycles. The Hall–Kier alpha value is -3.15. The van der Waals surface area contributed by atoms with E-state index in [2.05, 4.69) is 4.98 Å². The zero-order valence-electron chi connectivity index (χ0n) is 15.9. The predicted octanol–water partition coefficient (Wildman–Crippen LogP) is 3.42. The largest absolute Gasteiger partial charge is 0.497 e. The van der Waals surface area contributed by atoms with E-state index in [1.54, 1.807) is 23.8 Å². The van der Waals surface area contributed by atoms with Gasteiger partial charge >= 0.3 is 5.97 Å². The number of ether oxygens (including phenoxy) is 1. The molecule has 28 heavy (non-hydrogen) atoms. The highest BCUT2D eigenvalue weighted by atomic mass is 16.5. The van der Waals surface area contributed by atoms with Crippen molar-refractivity contribution in [2.24, 2.45) is 5.41 Å². The molecule has 4 rings (SSSR count). The lowest BCUT2D eigenvalue weighted by Crippen LogP contribution is -2.32. The monoisotopic (exact) mass is 378 g/mol. The van der Waals surface area contributed by atoms with Crippen LogP contribution in [0, 0.1) is 5.41 Å². The van der Waals surface area contributed by atoms with Crippen LogP contribution in [0.15, 0.2) is 35.1 Å². The van der Waals surface area contributed by atoms with E-state index in [4.69, 9.17) is 4.74 Å². The molecule has 0 radical (unpaired) electrons. The summed E-state index contributed by atoms with van der Waals surface area (Å²) in [5.41, 5.74) is 1.14. The Kier molecular flexibility index (Phi) is 4.41. The van der Waals surface area contributed by atoms with Gasteiger partial charge in [0.05, 0.1) is 18.8 Å². The van der Waals surface area contributed by atoms with Crippen molar-refractivity contribution in [3.63, 3.8) is 0 Å². The van der Waals surface area contributed by atoms with Crippen LogP contribution in [0.4, 0.5) is 0 Å². The standard InChI is InChI=1S/C22H22N2O4/c1-3-5-16-17(9-8-14-6-4-7-15(12-14)28-2)23-19-10-11-22(21(26)27)13-18(22)24(19)20(16)25/h4,6-12,18H,3,5,13H2,1-2H3,(H,26,27)/b9-8+. The lowest BCUT2D eigenvalue weighted by Gasteiger charge is -2.19. The summed E-state index contributed by atoms with van der Waals surface area (Å²) < 4.78 is 6.82. The second-order valence-electron chi connectivity index (χ2n) is 7.27. The van der Waals surface area contributed by atoms with E-state index in [9.17, 15) is 14.7 Å². The summed E-state index contributed by atoms with van der Waals surface area (Å²) in [6.45, 7) is 2.01. The average Bonchev–Trinajstić information content (AvgIpc) is 3.45. The second-order valence-corrected chi connectivity index (χ2v) is 7.27. The van der Waals surface area contributed by atoms with Gasteiger partial charge in [-0.25, -0.2) is 4.98 Å². The Bertz CT molecular complexity index is 1070. The third-order valence-corrected chi connectivity index (χ3v) is 5.50. The van der Waals surface area contributed by atoms with Gasteiger partial charge in [0, 0.05) is 5.56 Å². The van der Waals surface area contributed by atoms with Gasteiger partial charge in [-0.3, -0.25) is 14.2 Å². The molecule has 2 unspecified atom stereocenters. The van der Waals surface area contributed by atoms with E-state index in [1.165, 1.54) is 0 Å². The number of carbonyl (C=O) groups is 1. The molecule has 6 nitrogen and oxygen atoms in total. The molecule has 0 amide bonds. The highest BCUT2D eigenvalue weighted by molar-refractivity contribution is 5.84. The van der Waals surface area contributed by atoms with Crippen molar-refractivity contribution in [3.05, 3.63) is 63.3 Å². The van der Waals surface area contributed by atoms with E-state index < -0.39 is 11.4 Å². The molecule has 2 heterocycles. The van der Waals surface area contributed by atoms with Crippen LogP contribution in [-0.4, -0.2) is 27.7 Å². The van der Waals surface area contributed by atoms with E-state index >= 15 is 0 Å². The third kappa shape index (κ3) is 2.85. The fraction of sp³-hybridized carbons (Fsp3) is 0.318. The third-order valence-electron chi connectivity index (χ3n) is 5.50. The van der Waals surface area contributed by atoms with Gasteiger partial charge in [0.25, 0.3) is 5.56 Å². The zero-order chi connectivity index (χ0) is 19.9. The van der Waals surface area contributed by atoms with Gasteiger partial charge in [0.1, 0.15) is 17.0 Å². The van der Waals surface area contributed by atoms with Gasteiger partial charge in [-0.05, 0) is 42.7 Å². The first-order valence-electron chi connectivity index (χ1n) is 9.40. The number of methoxy groups -OCH3 is 1. The molecule has 2 aromatic rings. The topological polar surface area (TPSA) is 81.4 Å². The van der Waals surface area contributed by atoms with Crippen molar-refractivity contribution >= 4 is 24.2 Å². The number of fused-ring (bicyclic) bond motifs is 3. The molecular weight excluding hydrogens is 356 g/mol. The average molecular weight is 378 g/mol. The van der Waals surface area contributed by atoms with E-state index in [0.29, 0.717) is 29.9 Å². The number of rotatable bonds is 6. The summed E-state index contributed by atoms with van der Waals surface area (Å²) in [5, 5.41) is 9.53. The van der Waals surface area contributed by atoms with Gasteiger partial charge in [0.15, 0.2) is 0 Å². The quantitative estimate of drug-likeness (QED) is 0.833. The minimum Gasteiger partial charge on any atom is -0.497 e. The fourth-order valence-electron chi connectivity index (χ4n) is 3.85. The molecule has 0 saturated heterocycles. The summed E-state index contributed by atoms with van der Waals surface area (Å²) in [6.07, 6.45) is 8.95. The number of nitrogens with zero attached hydrogens (tertiary/aromatic N) is 2. The Morgan fingerprint density at radius 3 is 2.96 bits per heavy atom. The maximum absolute atomic E-state index is 13.2. The van der Waals surface area contributed by atoms with Gasteiger partial charge in [0.2, 0.25) is 0 Å². The van der Waals surface area contributed by atoms with Crippen molar-refractivity contribution in [2.45, 2.75) is 32.2 Å². The van der Waals surface area contributed by atoms with Crippen LogP contribution in [0.5, 0.6) is 5.75 Å². The first-order valence-corrected chi connectivity index (χ1v) is 9.40. The molecule has 1 aromatic carbocycles. The van der Waals surface area contributed by atoms with Gasteiger partial charge in [-0.15, -0.1) is 0 Å². The van der Waals surface area contributed by atoms with Gasteiger partial charge in [-0.2, -0.15) is 0 Å². The van der Waals surface area contributed by atoms with Crippen LogP contribution >= 0.6 is 0 Å². The summed E-state index contributed by atoms with van der Waals surface area (Å²) >= 11 is 0. The lowest BCUT2D eigenvalue weighted by atomic mass is 10.0. The molecule has 0 spiro atoms. The first-order chi connectivity index (χ1) is 13.5. The number of aliphatic carboxylic acids is 1. The van der Waals surface area contributed by atoms with Crippen LogP contribution in [0.1, 0.15) is 48.5 Å². The Labute approximate surface area is 162 Å². The number of hydrogen-bond donors (Lipinski definition) is 1. The number of carboxylic acid groups (broad SMARTS) is 1. The molecule has 2 atom stereocenters. The van der Waals surface area contributed by atoms with Crippen LogP contribution in [0.3, 0.4) is 0 Å². The normalized spacial score (nSPS) is 22.0. The van der Waals surface area contributed by atoms with Crippen molar-refractivity contribution in [2.75, 3.05) is 7.11 Å². The molecule has 1 aliphatic heterocycles. The van der Waals surface area contributed by atoms with Crippen LogP contribution < -0.4 is 10.3 Å². The van der Waals surface area contributed by atoms with Crippen LogP contribution in [0.2, 0.25) is 0 Å². The maximum atomic E-state index is 13.2. The van der Waals surface area contributed by atoms with Crippen LogP contribution in [-0.2, 0) is 11.2 Å². The van der Waals surface area contributed by atoms with E-state index in [1.807, 2.05) is 43.3 Å². The summed E-state index contributed by atoms with van der Waals surface area (Å²) in [5.74, 6) is 0.399. The summed E-state index contributed by atoms with van der Waals surface area (Å²) in [4.78, 5) is 29.5. The van der Waals surface area contributed by atoms with Gasteiger partial charge < -0.3 is 9.84 Å². The van der Waals surface area contributed by atoms with Crippen molar-refractivity contribution in [1.82, 2.24) is 9.55 Å². The Balaban J connectivity index is 1.77.